The highest BCUT2D eigenvalue weighted by Crippen LogP contribution is 2.23. The largest absolute Gasteiger partial charge is 0.480 e. The Kier molecular flexibility index (Phi) is 9.19. The Morgan fingerprint density at radius 2 is 1.70 bits per heavy atom. The number of benzene rings is 1. The topological polar surface area (TPSA) is 149 Å². The molecule has 3 atom stereocenters. The van der Waals surface area contributed by atoms with E-state index in [4.69, 9.17) is 4.74 Å². The maximum absolute atomic E-state index is 12.9. The average molecular weight is 464 g/mol. The van der Waals surface area contributed by atoms with Gasteiger partial charge in [-0.1, -0.05) is 37.3 Å². The van der Waals surface area contributed by atoms with Gasteiger partial charge >= 0.3 is 24.0 Å². The predicted molar refractivity (Wildman–Crippen MR) is 113 cm³/mol. The number of nitrogens with one attached hydrogen (secondary N) is 1. The normalized spacial score (nSPS) is 17.1. The number of likely N-dealkylation sites (tertiary alicyclic amines) is 1. The summed E-state index contributed by atoms with van der Waals surface area (Å²) in [7, 11) is 2.10. The van der Waals surface area contributed by atoms with Crippen LogP contribution in [0, 0.1) is 11.8 Å². The van der Waals surface area contributed by atoms with Crippen molar-refractivity contribution in [2.75, 3.05) is 20.8 Å². The van der Waals surface area contributed by atoms with Crippen molar-refractivity contribution in [3.63, 3.8) is 0 Å². The van der Waals surface area contributed by atoms with Crippen molar-refractivity contribution in [3.8, 4) is 0 Å². The lowest BCUT2D eigenvalue weighted by atomic mass is 9.87. The van der Waals surface area contributed by atoms with Crippen LogP contribution in [0.3, 0.4) is 0 Å². The van der Waals surface area contributed by atoms with Crippen LogP contribution in [0.15, 0.2) is 30.3 Å². The second-order valence-electron chi connectivity index (χ2n) is 7.60. The van der Waals surface area contributed by atoms with Crippen LogP contribution in [0.5, 0.6) is 0 Å². The lowest BCUT2D eigenvalue weighted by molar-refractivity contribution is -0.163. The van der Waals surface area contributed by atoms with Crippen molar-refractivity contribution in [2.24, 2.45) is 11.8 Å². The smallest absolute Gasteiger partial charge is 0.410 e. The number of rotatable bonds is 9. The summed E-state index contributed by atoms with van der Waals surface area (Å²) in [5.41, 5.74) is 0.780. The van der Waals surface area contributed by atoms with Crippen molar-refractivity contribution >= 4 is 29.9 Å². The van der Waals surface area contributed by atoms with E-state index >= 15 is 0 Å². The molecule has 1 aliphatic heterocycles. The van der Waals surface area contributed by atoms with E-state index < -0.39 is 53.8 Å². The molecule has 1 fully saturated rings. The number of carboxylic acid groups (broad SMARTS) is 1. The standard InChI is InChI=1S/C22H28N2O9/c1-13(16(20(28)31-2)21(29)32-3)17(19(26)27)23-18(25)15-10-7-11-24(15)22(30)33-12-14-8-5-4-6-9-14/h4-6,8-9,13,15-17H,7,10-12H2,1-3H3,(H,23,25)(H,26,27)/t13-,15+,17+/m0/s1. The lowest BCUT2D eigenvalue weighted by Gasteiger charge is -2.29. The first-order chi connectivity index (χ1) is 15.7. The Balaban J connectivity index is 2.10. The van der Waals surface area contributed by atoms with E-state index in [1.807, 2.05) is 6.07 Å². The summed E-state index contributed by atoms with van der Waals surface area (Å²) in [6.45, 7) is 1.61. The molecule has 2 rings (SSSR count). The number of methoxy groups -OCH3 is 2. The first-order valence-corrected chi connectivity index (χ1v) is 10.4. The summed E-state index contributed by atoms with van der Waals surface area (Å²) < 4.78 is 14.5. The number of carbonyl (C=O) groups is 5. The number of hydrogen-bond donors (Lipinski definition) is 2. The van der Waals surface area contributed by atoms with Gasteiger partial charge in [0.1, 0.15) is 18.7 Å². The molecule has 0 bridgehead atoms. The molecule has 2 amide bonds. The fourth-order valence-electron chi connectivity index (χ4n) is 3.70. The molecule has 180 valence electrons. The third-order valence-electron chi connectivity index (χ3n) is 5.52. The van der Waals surface area contributed by atoms with Crippen molar-refractivity contribution in [2.45, 2.75) is 38.5 Å². The third-order valence-corrected chi connectivity index (χ3v) is 5.52. The monoisotopic (exact) mass is 464 g/mol. The molecule has 1 aliphatic rings. The van der Waals surface area contributed by atoms with Gasteiger partial charge in [0, 0.05) is 12.5 Å². The third kappa shape index (κ3) is 6.43. The Hall–Kier alpha value is -3.63. The highest BCUT2D eigenvalue weighted by atomic mass is 16.6. The van der Waals surface area contributed by atoms with E-state index in [1.54, 1.807) is 24.3 Å². The molecule has 11 heteroatoms. The van der Waals surface area contributed by atoms with Crippen LogP contribution in [0.2, 0.25) is 0 Å². The first-order valence-electron chi connectivity index (χ1n) is 10.4. The minimum Gasteiger partial charge on any atom is -0.480 e. The molecular formula is C22H28N2O9. The highest BCUT2D eigenvalue weighted by molar-refractivity contribution is 5.96. The maximum Gasteiger partial charge on any atom is 0.410 e. The molecule has 33 heavy (non-hydrogen) atoms. The molecule has 0 saturated carbocycles. The molecule has 0 radical (unpaired) electrons. The molecule has 0 unspecified atom stereocenters. The summed E-state index contributed by atoms with van der Waals surface area (Å²) in [4.78, 5) is 62.6. The number of amides is 2. The van der Waals surface area contributed by atoms with E-state index in [2.05, 4.69) is 14.8 Å². The number of carbonyl (C=O) groups excluding carboxylic acids is 4. The van der Waals surface area contributed by atoms with Gasteiger partial charge in [-0.25, -0.2) is 9.59 Å². The molecule has 1 saturated heterocycles. The fourth-order valence-corrected chi connectivity index (χ4v) is 3.70. The molecule has 0 spiro atoms. The number of aliphatic carboxylic acids is 1. The van der Waals surface area contributed by atoms with Crippen LogP contribution in [0.4, 0.5) is 4.79 Å². The molecule has 1 aromatic carbocycles. The van der Waals surface area contributed by atoms with Crippen LogP contribution < -0.4 is 5.32 Å². The number of carboxylic acids is 1. The van der Waals surface area contributed by atoms with Gasteiger partial charge in [0.05, 0.1) is 14.2 Å². The van der Waals surface area contributed by atoms with Crippen molar-refractivity contribution in [1.82, 2.24) is 10.2 Å². The molecule has 1 aromatic rings. The van der Waals surface area contributed by atoms with Gasteiger partial charge in [-0.15, -0.1) is 0 Å². The van der Waals surface area contributed by atoms with Gasteiger partial charge in [0.25, 0.3) is 0 Å². The zero-order chi connectivity index (χ0) is 24.5. The quantitative estimate of drug-likeness (QED) is 0.309. The maximum atomic E-state index is 12.9. The van der Waals surface area contributed by atoms with Crippen molar-refractivity contribution < 1.29 is 43.3 Å². The van der Waals surface area contributed by atoms with Gasteiger partial charge < -0.3 is 24.6 Å². The van der Waals surface area contributed by atoms with E-state index in [9.17, 15) is 29.1 Å². The summed E-state index contributed by atoms with van der Waals surface area (Å²) in [5, 5.41) is 12.0. The van der Waals surface area contributed by atoms with Crippen LogP contribution in [-0.2, 0) is 40.0 Å². The van der Waals surface area contributed by atoms with Crippen LogP contribution in [0.1, 0.15) is 25.3 Å². The van der Waals surface area contributed by atoms with Crippen LogP contribution >= 0.6 is 0 Å². The first kappa shape index (κ1) is 25.6. The zero-order valence-electron chi connectivity index (χ0n) is 18.7. The Morgan fingerprint density at radius 1 is 1.09 bits per heavy atom. The zero-order valence-corrected chi connectivity index (χ0v) is 18.7. The SMILES string of the molecule is COC(=O)C(C(=O)OC)[C@H](C)[C@@H](NC(=O)[C@H]1CCCN1C(=O)OCc1ccccc1)C(=O)O. The molecule has 11 nitrogen and oxygen atoms in total. The number of hydrogen-bond acceptors (Lipinski definition) is 8. The second-order valence-corrected chi connectivity index (χ2v) is 7.60. The van der Waals surface area contributed by atoms with E-state index in [1.165, 1.54) is 11.8 Å². The van der Waals surface area contributed by atoms with E-state index in [0.29, 0.717) is 12.8 Å². The lowest BCUT2D eigenvalue weighted by Crippen LogP contribution is -2.55. The summed E-state index contributed by atoms with van der Waals surface area (Å²) in [6, 6.07) is 6.47. The average Bonchev–Trinajstić information content (AvgIpc) is 3.31. The van der Waals surface area contributed by atoms with E-state index in [0.717, 1.165) is 19.8 Å². The van der Waals surface area contributed by atoms with Gasteiger partial charge in [-0.3, -0.25) is 19.3 Å². The highest BCUT2D eigenvalue weighted by Gasteiger charge is 2.44. The molecule has 0 aromatic heterocycles. The van der Waals surface area contributed by atoms with Gasteiger partial charge in [-0.05, 0) is 18.4 Å². The van der Waals surface area contributed by atoms with Crippen LogP contribution in [-0.4, -0.2) is 72.8 Å². The number of esters is 2. The molecular weight excluding hydrogens is 436 g/mol. The molecule has 2 N–H and O–H groups in total. The minimum atomic E-state index is -1.61. The predicted octanol–water partition coefficient (Wildman–Crippen LogP) is 0.955. The Morgan fingerprint density at radius 3 is 2.24 bits per heavy atom. The summed E-state index contributed by atoms with van der Waals surface area (Å²) >= 11 is 0. The summed E-state index contributed by atoms with van der Waals surface area (Å²) in [5.74, 6) is -6.89. The van der Waals surface area contributed by atoms with E-state index in [-0.39, 0.29) is 13.2 Å². The Bertz CT molecular complexity index is 858. The molecule has 0 aliphatic carbocycles. The fraction of sp³-hybridized carbons (Fsp3) is 0.500. The summed E-state index contributed by atoms with van der Waals surface area (Å²) in [6.07, 6.45) is 0.141. The Labute approximate surface area is 191 Å². The van der Waals surface area contributed by atoms with Crippen LogP contribution in [0.25, 0.3) is 0 Å². The minimum absolute atomic E-state index is 0.0270. The van der Waals surface area contributed by atoms with Crippen molar-refractivity contribution in [3.05, 3.63) is 35.9 Å². The van der Waals surface area contributed by atoms with Gasteiger partial charge in [-0.2, -0.15) is 0 Å². The van der Waals surface area contributed by atoms with Gasteiger partial charge in [0.15, 0.2) is 5.92 Å². The molecule has 1 heterocycles. The van der Waals surface area contributed by atoms with Crippen molar-refractivity contribution in [1.29, 1.82) is 0 Å². The number of nitrogens with zero attached hydrogens (tertiary/aromatic N) is 1. The number of ether oxygens (including phenoxy) is 3. The second kappa shape index (κ2) is 11.8. The van der Waals surface area contributed by atoms with Gasteiger partial charge in [0.2, 0.25) is 5.91 Å².